The molecule has 0 unspecified atom stereocenters. The van der Waals surface area contributed by atoms with Crippen molar-refractivity contribution in [2.45, 2.75) is 9.79 Å². The Hall–Kier alpha value is -3.75. The first-order valence-electron chi connectivity index (χ1n) is 11.9. The molecule has 4 aromatic rings. The van der Waals surface area contributed by atoms with Gasteiger partial charge in [-0.3, -0.25) is 9.79 Å². The van der Waals surface area contributed by atoms with Crippen LogP contribution < -0.4 is 10.2 Å². The smallest absolute Gasteiger partial charge is 0.252 e. The maximum atomic E-state index is 12.2. The second-order valence-electron chi connectivity index (χ2n) is 8.84. The third kappa shape index (κ3) is 5.10. The van der Waals surface area contributed by atoms with Gasteiger partial charge in [0.15, 0.2) is 5.88 Å². The summed E-state index contributed by atoms with van der Waals surface area (Å²) in [6.45, 7) is 4.20. The van der Waals surface area contributed by atoms with E-state index in [1.54, 1.807) is 13.3 Å². The molecule has 3 N–H and O–H groups in total. The summed E-state index contributed by atoms with van der Waals surface area (Å²) in [5.41, 5.74) is 4.13. The molecule has 1 amide bonds. The number of benzene rings is 3. The summed E-state index contributed by atoms with van der Waals surface area (Å²) < 4.78 is 0. The van der Waals surface area contributed by atoms with E-state index in [-0.39, 0.29) is 11.8 Å². The number of fused-ring (bicyclic) bond motifs is 1. The molecule has 0 aliphatic carbocycles. The molecule has 8 heteroatoms. The Morgan fingerprint density at radius 2 is 1.81 bits per heavy atom. The first-order valence-corrected chi connectivity index (χ1v) is 12.7. The van der Waals surface area contributed by atoms with Gasteiger partial charge in [0.1, 0.15) is 0 Å². The van der Waals surface area contributed by atoms with E-state index < -0.39 is 0 Å². The number of nitrogens with one attached hydrogen (secondary N) is 2. The summed E-state index contributed by atoms with van der Waals surface area (Å²) in [6.07, 6.45) is 1.70. The SMILES string of the molecule is CNC(=O)c1ccccc1Sc1ccc2c(C=Nc3ccc(N4CCN(C)CC4)cc3)c(O)[nH]c2c1. The molecule has 1 fully saturated rings. The van der Waals surface area contributed by atoms with Crippen LogP contribution in [0.1, 0.15) is 15.9 Å². The second-order valence-corrected chi connectivity index (χ2v) is 9.95. The zero-order chi connectivity index (χ0) is 25.1. The minimum atomic E-state index is -0.119. The van der Waals surface area contributed by atoms with Gasteiger partial charge in [0.05, 0.1) is 22.3 Å². The molecule has 1 aliphatic heterocycles. The van der Waals surface area contributed by atoms with Gasteiger partial charge in [-0.15, -0.1) is 0 Å². The number of likely N-dealkylation sites (N-methyl/N-ethyl adjacent to an activating group) is 1. The van der Waals surface area contributed by atoms with E-state index in [2.05, 4.69) is 44.3 Å². The molecule has 7 nitrogen and oxygen atoms in total. The molecule has 0 bridgehead atoms. The van der Waals surface area contributed by atoms with Crippen molar-refractivity contribution in [2.75, 3.05) is 45.2 Å². The molecule has 0 atom stereocenters. The molecule has 0 spiro atoms. The van der Waals surface area contributed by atoms with Crippen LogP contribution in [0.5, 0.6) is 5.88 Å². The molecule has 1 saturated heterocycles. The molecular formula is C28H29N5O2S. The lowest BCUT2D eigenvalue weighted by atomic mass is 10.2. The number of anilines is 1. The average molecular weight is 500 g/mol. The van der Waals surface area contributed by atoms with E-state index in [0.29, 0.717) is 11.1 Å². The van der Waals surface area contributed by atoms with Crippen molar-refractivity contribution in [1.29, 1.82) is 0 Å². The number of carbonyl (C=O) groups is 1. The van der Waals surface area contributed by atoms with Gasteiger partial charge < -0.3 is 25.2 Å². The number of aliphatic imine (C=N–C) groups is 1. The second kappa shape index (κ2) is 10.5. The number of amides is 1. The lowest BCUT2D eigenvalue weighted by molar-refractivity contribution is 0.0960. The normalized spacial score (nSPS) is 14.6. The lowest BCUT2D eigenvalue weighted by Gasteiger charge is -2.34. The van der Waals surface area contributed by atoms with Gasteiger partial charge in [-0.25, -0.2) is 0 Å². The topological polar surface area (TPSA) is 84.0 Å². The number of H-pyrrole nitrogens is 1. The molecule has 36 heavy (non-hydrogen) atoms. The maximum Gasteiger partial charge on any atom is 0.252 e. The number of aromatic hydroxyl groups is 1. The largest absolute Gasteiger partial charge is 0.494 e. The van der Waals surface area contributed by atoms with Crippen LogP contribution in [0.25, 0.3) is 10.9 Å². The Bertz CT molecular complexity index is 1410. The van der Waals surface area contributed by atoms with Crippen LogP contribution in [0.15, 0.2) is 81.5 Å². The summed E-state index contributed by atoms with van der Waals surface area (Å²) >= 11 is 1.51. The van der Waals surface area contributed by atoms with Crippen LogP contribution in [0, 0.1) is 0 Å². The van der Waals surface area contributed by atoms with Crippen LogP contribution in [-0.2, 0) is 0 Å². The standard InChI is InChI=1S/C28H29N5O2S/c1-29-27(34)23-5-3-4-6-26(23)36-21-11-12-22-24(28(35)31-25(22)17-21)18-30-19-7-9-20(10-8-19)33-15-13-32(2)14-16-33/h3-12,17-18,31,35H,13-16H2,1-2H3,(H,29,34). The van der Waals surface area contributed by atoms with Crippen molar-refractivity contribution in [3.05, 3.63) is 77.9 Å². The van der Waals surface area contributed by atoms with E-state index in [1.165, 1.54) is 17.4 Å². The number of rotatable bonds is 6. The van der Waals surface area contributed by atoms with Crippen LogP contribution in [0.3, 0.4) is 0 Å². The van der Waals surface area contributed by atoms with Crippen LogP contribution >= 0.6 is 11.8 Å². The highest BCUT2D eigenvalue weighted by molar-refractivity contribution is 7.99. The zero-order valence-corrected chi connectivity index (χ0v) is 21.2. The molecule has 0 radical (unpaired) electrons. The van der Waals surface area contributed by atoms with Gasteiger partial charge in [-0.2, -0.15) is 0 Å². The van der Waals surface area contributed by atoms with Gasteiger partial charge in [-0.1, -0.05) is 30.0 Å². The van der Waals surface area contributed by atoms with Gasteiger partial charge in [0.2, 0.25) is 0 Å². The quantitative estimate of drug-likeness (QED) is 0.329. The summed E-state index contributed by atoms with van der Waals surface area (Å²) in [5, 5.41) is 14.1. The van der Waals surface area contributed by atoms with Crippen LogP contribution in [0.4, 0.5) is 11.4 Å². The minimum absolute atomic E-state index is 0.0794. The molecule has 1 aliphatic rings. The van der Waals surface area contributed by atoms with Gasteiger partial charge >= 0.3 is 0 Å². The average Bonchev–Trinajstić information content (AvgIpc) is 3.22. The number of aromatic nitrogens is 1. The fraction of sp³-hybridized carbons (Fsp3) is 0.214. The van der Waals surface area contributed by atoms with Crippen molar-refractivity contribution >= 4 is 46.2 Å². The van der Waals surface area contributed by atoms with Crippen molar-refractivity contribution in [1.82, 2.24) is 15.2 Å². The first-order chi connectivity index (χ1) is 17.5. The van der Waals surface area contributed by atoms with Gasteiger partial charge in [-0.05, 0) is 55.6 Å². The summed E-state index contributed by atoms with van der Waals surface area (Å²) in [4.78, 5) is 26.4. The summed E-state index contributed by atoms with van der Waals surface area (Å²) in [7, 11) is 3.78. The predicted octanol–water partition coefficient (Wildman–Crippen LogP) is 4.89. The highest BCUT2D eigenvalue weighted by atomic mass is 32.2. The zero-order valence-electron chi connectivity index (χ0n) is 20.4. The summed E-state index contributed by atoms with van der Waals surface area (Å²) in [5.74, 6) is -0.0394. The van der Waals surface area contributed by atoms with E-state index in [4.69, 9.17) is 0 Å². The molecule has 5 rings (SSSR count). The van der Waals surface area contributed by atoms with Crippen molar-refractivity contribution in [3.63, 3.8) is 0 Å². The molecule has 3 aromatic carbocycles. The number of carbonyl (C=O) groups excluding carboxylic acids is 1. The predicted molar refractivity (Wildman–Crippen MR) is 147 cm³/mol. The molecule has 184 valence electrons. The van der Waals surface area contributed by atoms with Crippen molar-refractivity contribution < 1.29 is 9.90 Å². The molecule has 0 saturated carbocycles. The van der Waals surface area contributed by atoms with E-state index in [9.17, 15) is 9.90 Å². The first kappa shape index (κ1) is 24.0. The van der Waals surface area contributed by atoms with E-state index in [1.807, 2.05) is 54.6 Å². The van der Waals surface area contributed by atoms with E-state index >= 15 is 0 Å². The highest BCUT2D eigenvalue weighted by Crippen LogP contribution is 2.35. The van der Waals surface area contributed by atoms with E-state index in [0.717, 1.165) is 52.6 Å². The number of hydrogen-bond acceptors (Lipinski definition) is 6. The fourth-order valence-corrected chi connectivity index (χ4v) is 5.32. The summed E-state index contributed by atoms with van der Waals surface area (Å²) in [6, 6.07) is 21.7. The molecular weight excluding hydrogens is 470 g/mol. The number of piperazine rings is 1. The Kier molecular flexibility index (Phi) is 6.97. The van der Waals surface area contributed by atoms with Gasteiger partial charge in [0, 0.05) is 60.3 Å². The maximum absolute atomic E-state index is 12.2. The van der Waals surface area contributed by atoms with Crippen molar-refractivity contribution in [2.24, 2.45) is 4.99 Å². The van der Waals surface area contributed by atoms with Crippen molar-refractivity contribution in [3.8, 4) is 5.88 Å². The lowest BCUT2D eigenvalue weighted by Crippen LogP contribution is -2.44. The third-order valence-electron chi connectivity index (χ3n) is 6.44. The Morgan fingerprint density at radius 1 is 1.06 bits per heavy atom. The Balaban J connectivity index is 1.33. The number of aromatic amines is 1. The molecule has 2 heterocycles. The van der Waals surface area contributed by atoms with Crippen LogP contribution in [-0.4, -0.2) is 67.4 Å². The minimum Gasteiger partial charge on any atom is -0.494 e. The third-order valence-corrected chi connectivity index (χ3v) is 7.50. The van der Waals surface area contributed by atoms with Crippen LogP contribution in [0.2, 0.25) is 0 Å². The Labute approximate surface area is 214 Å². The fourth-order valence-electron chi connectivity index (χ4n) is 4.34. The van der Waals surface area contributed by atoms with Gasteiger partial charge in [0.25, 0.3) is 5.91 Å². The monoisotopic (exact) mass is 499 g/mol. The Morgan fingerprint density at radius 3 is 2.56 bits per heavy atom. The number of nitrogens with zero attached hydrogens (tertiary/aromatic N) is 3. The molecule has 1 aromatic heterocycles. The number of hydrogen-bond donors (Lipinski definition) is 3. The highest BCUT2D eigenvalue weighted by Gasteiger charge is 2.15.